The van der Waals surface area contributed by atoms with Crippen LogP contribution < -0.4 is 5.56 Å². The van der Waals surface area contributed by atoms with E-state index in [0.29, 0.717) is 27.9 Å². The van der Waals surface area contributed by atoms with Gasteiger partial charge < -0.3 is 4.98 Å². The highest BCUT2D eigenvalue weighted by molar-refractivity contribution is 7.90. The zero-order valence-corrected chi connectivity index (χ0v) is 18.9. The Morgan fingerprint density at radius 1 is 0.848 bits per heavy atom. The van der Waals surface area contributed by atoms with Gasteiger partial charge in [0.15, 0.2) is 21.0 Å². The molecule has 0 saturated heterocycles. The number of imidazole rings is 1. The molecule has 5 rings (SSSR count). The number of halogens is 1. The van der Waals surface area contributed by atoms with Crippen LogP contribution in [0.3, 0.4) is 0 Å². The molecule has 3 aromatic carbocycles. The second-order valence-electron chi connectivity index (χ2n) is 7.50. The van der Waals surface area contributed by atoms with Crippen LogP contribution in [0.2, 0.25) is 5.02 Å². The summed E-state index contributed by atoms with van der Waals surface area (Å²) in [6.07, 6.45) is 1.14. The first kappa shape index (κ1) is 21.1. The summed E-state index contributed by atoms with van der Waals surface area (Å²) in [6, 6.07) is 22.9. The van der Waals surface area contributed by atoms with Crippen LogP contribution in [0.25, 0.3) is 39.6 Å². The van der Waals surface area contributed by atoms with E-state index in [9.17, 15) is 13.2 Å². The number of nitrogens with one attached hydrogen (secondary N) is 1. The van der Waals surface area contributed by atoms with Gasteiger partial charge >= 0.3 is 0 Å². The predicted octanol–water partition coefficient (Wildman–Crippen LogP) is 4.50. The molecule has 2 heterocycles. The molecule has 7 nitrogen and oxygen atoms in total. The molecule has 0 spiro atoms. The van der Waals surface area contributed by atoms with Gasteiger partial charge in [-0.15, -0.1) is 0 Å². The molecule has 33 heavy (non-hydrogen) atoms. The molecule has 164 valence electrons. The summed E-state index contributed by atoms with van der Waals surface area (Å²) in [7, 11) is -3.33. The second-order valence-corrected chi connectivity index (χ2v) is 9.95. The summed E-state index contributed by atoms with van der Waals surface area (Å²) >= 11 is 6.06. The molecular formula is C24H17ClN4O3S. The van der Waals surface area contributed by atoms with E-state index in [-0.39, 0.29) is 10.4 Å². The van der Waals surface area contributed by atoms with E-state index >= 15 is 0 Å². The first-order valence-electron chi connectivity index (χ1n) is 9.96. The number of hydrogen-bond donors (Lipinski definition) is 1. The lowest BCUT2D eigenvalue weighted by Gasteiger charge is -2.09. The standard InChI is InChI=1S/C24H17ClN4O3S/c1-33(31,32)19-13-9-15(10-14-19)21-27-23-20(24(30)28-21)26-22(16-7-11-17(25)12-8-16)29(23)18-5-3-2-4-6-18/h2-14H,1H3,(H,27,28,30). The fourth-order valence-electron chi connectivity index (χ4n) is 3.58. The molecule has 0 aliphatic carbocycles. The van der Waals surface area contributed by atoms with Crippen molar-refractivity contribution in [3.05, 3.63) is 94.2 Å². The van der Waals surface area contributed by atoms with Crippen LogP contribution in [0.15, 0.2) is 88.6 Å². The molecule has 1 N–H and O–H groups in total. The van der Waals surface area contributed by atoms with Crippen LogP contribution in [0, 0.1) is 0 Å². The van der Waals surface area contributed by atoms with Gasteiger partial charge in [0.25, 0.3) is 5.56 Å². The van der Waals surface area contributed by atoms with E-state index in [0.717, 1.165) is 17.5 Å². The van der Waals surface area contributed by atoms with Gasteiger partial charge in [0.05, 0.1) is 4.90 Å². The number of fused-ring (bicyclic) bond motifs is 1. The van der Waals surface area contributed by atoms with Gasteiger partial charge in [-0.25, -0.2) is 18.4 Å². The zero-order chi connectivity index (χ0) is 23.2. The normalized spacial score (nSPS) is 11.7. The Hall–Kier alpha value is -3.75. The lowest BCUT2D eigenvalue weighted by atomic mass is 10.2. The molecule has 5 aromatic rings. The second kappa shape index (κ2) is 7.99. The fraction of sp³-hybridized carbons (Fsp3) is 0.0417. The van der Waals surface area contributed by atoms with Crippen LogP contribution >= 0.6 is 11.6 Å². The molecule has 0 atom stereocenters. The lowest BCUT2D eigenvalue weighted by Crippen LogP contribution is -2.10. The van der Waals surface area contributed by atoms with Crippen molar-refractivity contribution in [1.82, 2.24) is 19.5 Å². The highest BCUT2D eigenvalue weighted by atomic mass is 35.5. The Kier molecular flexibility index (Phi) is 5.11. The molecule has 2 aromatic heterocycles. The summed E-state index contributed by atoms with van der Waals surface area (Å²) in [4.78, 5) is 25.3. The van der Waals surface area contributed by atoms with Crippen LogP contribution in [0.4, 0.5) is 0 Å². The third-order valence-corrected chi connectivity index (χ3v) is 6.57. The topological polar surface area (TPSA) is 97.7 Å². The third kappa shape index (κ3) is 3.94. The van der Waals surface area contributed by atoms with Gasteiger partial charge in [-0.2, -0.15) is 0 Å². The Morgan fingerprint density at radius 3 is 2.12 bits per heavy atom. The van der Waals surface area contributed by atoms with Crippen molar-refractivity contribution in [1.29, 1.82) is 0 Å². The van der Waals surface area contributed by atoms with Crippen molar-refractivity contribution in [2.45, 2.75) is 4.90 Å². The summed E-state index contributed by atoms with van der Waals surface area (Å²) in [5.41, 5.74) is 2.33. The first-order chi connectivity index (χ1) is 15.8. The maximum Gasteiger partial charge on any atom is 0.279 e. The molecule has 0 radical (unpaired) electrons. The van der Waals surface area contributed by atoms with Crippen molar-refractivity contribution in [2.24, 2.45) is 0 Å². The number of sulfone groups is 1. The van der Waals surface area contributed by atoms with Crippen LogP contribution in [-0.4, -0.2) is 34.2 Å². The number of aromatic amines is 1. The largest absolute Gasteiger partial charge is 0.305 e. The Morgan fingerprint density at radius 2 is 1.48 bits per heavy atom. The Labute approximate surface area is 194 Å². The Balaban J connectivity index is 1.76. The minimum absolute atomic E-state index is 0.189. The van der Waals surface area contributed by atoms with Gasteiger partial charge in [0.2, 0.25) is 0 Å². The number of benzene rings is 3. The number of nitrogens with zero attached hydrogens (tertiary/aromatic N) is 3. The number of H-pyrrole nitrogens is 1. The first-order valence-corrected chi connectivity index (χ1v) is 12.2. The summed E-state index contributed by atoms with van der Waals surface area (Å²) in [5, 5.41) is 0.594. The van der Waals surface area contributed by atoms with Crippen molar-refractivity contribution in [2.75, 3.05) is 6.26 Å². The van der Waals surface area contributed by atoms with Crippen LogP contribution in [-0.2, 0) is 9.84 Å². The number of hydrogen-bond acceptors (Lipinski definition) is 5. The van der Waals surface area contributed by atoms with E-state index in [1.54, 1.807) is 24.3 Å². The number of para-hydroxylation sites is 1. The highest BCUT2D eigenvalue weighted by Gasteiger charge is 2.19. The van der Waals surface area contributed by atoms with E-state index in [1.807, 2.05) is 47.0 Å². The molecule has 0 unspecified atom stereocenters. The minimum atomic E-state index is -3.33. The predicted molar refractivity (Wildman–Crippen MR) is 128 cm³/mol. The highest BCUT2D eigenvalue weighted by Crippen LogP contribution is 2.28. The van der Waals surface area contributed by atoms with E-state index < -0.39 is 15.4 Å². The molecule has 0 fully saturated rings. The van der Waals surface area contributed by atoms with Gasteiger partial charge in [0, 0.05) is 28.1 Å². The summed E-state index contributed by atoms with van der Waals surface area (Å²) < 4.78 is 25.4. The van der Waals surface area contributed by atoms with Crippen molar-refractivity contribution in [3.63, 3.8) is 0 Å². The number of rotatable bonds is 4. The molecule has 0 bridgehead atoms. The van der Waals surface area contributed by atoms with E-state index in [1.165, 1.54) is 12.1 Å². The third-order valence-electron chi connectivity index (χ3n) is 5.19. The number of aromatic nitrogens is 4. The Bertz CT molecular complexity index is 1640. The average molecular weight is 477 g/mol. The van der Waals surface area contributed by atoms with Crippen molar-refractivity contribution >= 4 is 32.6 Å². The fourth-order valence-corrected chi connectivity index (χ4v) is 4.34. The van der Waals surface area contributed by atoms with E-state index in [4.69, 9.17) is 16.6 Å². The molecule has 0 saturated carbocycles. The maximum absolute atomic E-state index is 13.0. The van der Waals surface area contributed by atoms with E-state index in [2.05, 4.69) is 9.97 Å². The SMILES string of the molecule is CS(=O)(=O)c1ccc(-c2nc3c(nc(-c4ccc(Cl)cc4)n3-c3ccccc3)c(=O)[nH]2)cc1. The minimum Gasteiger partial charge on any atom is -0.305 e. The maximum atomic E-state index is 13.0. The lowest BCUT2D eigenvalue weighted by molar-refractivity contribution is 0.602. The van der Waals surface area contributed by atoms with Gasteiger partial charge in [0.1, 0.15) is 11.6 Å². The van der Waals surface area contributed by atoms with Gasteiger partial charge in [-0.3, -0.25) is 9.36 Å². The van der Waals surface area contributed by atoms with Gasteiger partial charge in [-0.05, 0) is 60.7 Å². The van der Waals surface area contributed by atoms with Gasteiger partial charge in [-0.1, -0.05) is 29.8 Å². The monoisotopic (exact) mass is 476 g/mol. The quantitative estimate of drug-likeness (QED) is 0.412. The summed E-state index contributed by atoms with van der Waals surface area (Å²) in [6.45, 7) is 0. The molecule has 0 aliphatic rings. The molecule has 0 aliphatic heterocycles. The molecular weight excluding hydrogens is 460 g/mol. The molecule has 9 heteroatoms. The average Bonchev–Trinajstić information content (AvgIpc) is 3.20. The summed E-state index contributed by atoms with van der Waals surface area (Å²) in [5.74, 6) is 0.864. The van der Waals surface area contributed by atoms with Crippen LogP contribution in [0.5, 0.6) is 0 Å². The van der Waals surface area contributed by atoms with Crippen molar-refractivity contribution in [3.8, 4) is 28.5 Å². The van der Waals surface area contributed by atoms with Crippen molar-refractivity contribution < 1.29 is 8.42 Å². The zero-order valence-electron chi connectivity index (χ0n) is 17.4. The smallest absolute Gasteiger partial charge is 0.279 e. The van der Waals surface area contributed by atoms with Crippen LogP contribution in [0.1, 0.15) is 0 Å². The molecule has 0 amide bonds.